The molecule has 22 heavy (non-hydrogen) atoms. The molecular weight excluding hydrogens is 294 g/mol. The van der Waals surface area contributed by atoms with Crippen molar-refractivity contribution in [2.24, 2.45) is 0 Å². The number of nitrogens with one attached hydrogen (secondary N) is 2. The minimum absolute atomic E-state index is 0.614. The van der Waals surface area contributed by atoms with E-state index in [1.54, 1.807) is 0 Å². The molecule has 0 atom stereocenters. The monoisotopic (exact) mass is 319 g/mol. The Hall–Kier alpha value is -1.82. The summed E-state index contributed by atoms with van der Waals surface area (Å²) in [5, 5.41) is 7.10. The Morgan fingerprint density at radius 3 is 2.45 bits per heavy atom. The van der Waals surface area contributed by atoms with E-state index >= 15 is 0 Å². The zero-order chi connectivity index (χ0) is 15.9. The van der Waals surface area contributed by atoms with E-state index in [9.17, 15) is 0 Å². The molecule has 2 N–H and O–H groups in total. The van der Waals surface area contributed by atoms with Gasteiger partial charge in [0.1, 0.15) is 0 Å². The summed E-state index contributed by atoms with van der Waals surface area (Å²) in [5.41, 5.74) is 5.83. The van der Waals surface area contributed by atoms with Gasteiger partial charge in [-0.25, -0.2) is 4.68 Å². The van der Waals surface area contributed by atoms with Crippen LogP contribution in [0.25, 0.3) is 0 Å². The van der Waals surface area contributed by atoms with Crippen molar-refractivity contribution in [2.45, 2.75) is 40.2 Å². The maximum Gasteiger partial charge on any atom is 0.214 e. The fourth-order valence-electron chi connectivity index (χ4n) is 2.47. The van der Waals surface area contributed by atoms with Crippen LogP contribution >= 0.6 is 12.2 Å². The Balaban J connectivity index is 2.03. The molecule has 0 aliphatic rings. The topological polar surface area (TPSA) is 48.9 Å². The molecule has 2 rings (SSSR count). The van der Waals surface area contributed by atoms with Crippen LogP contribution in [0.2, 0.25) is 0 Å². The van der Waals surface area contributed by atoms with Gasteiger partial charge in [0.15, 0.2) is 5.82 Å². The third-order valence-electron chi connectivity index (χ3n) is 3.72. The van der Waals surface area contributed by atoms with E-state index in [1.165, 1.54) is 11.3 Å². The number of benzene rings is 1. The van der Waals surface area contributed by atoms with Crippen LogP contribution in [-0.2, 0) is 13.0 Å². The average Bonchev–Trinajstić information content (AvgIpc) is 2.88. The average molecular weight is 319 g/mol. The molecule has 5 nitrogen and oxygen atoms in total. The third kappa shape index (κ3) is 3.88. The van der Waals surface area contributed by atoms with Crippen LogP contribution in [0.3, 0.4) is 0 Å². The summed E-state index contributed by atoms with van der Waals surface area (Å²) in [5.74, 6) is 0.951. The van der Waals surface area contributed by atoms with E-state index in [0.717, 1.165) is 38.3 Å². The van der Waals surface area contributed by atoms with Crippen molar-refractivity contribution >= 4 is 17.9 Å². The SMILES string of the molecule is CCCc1n[nH]c(=S)n1NCc1ccc(N(CC)CC)cc1. The predicted octanol–water partition coefficient (Wildman–Crippen LogP) is 3.48. The van der Waals surface area contributed by atoms with Gasteiger partial charge in [0, 0.05) is 25.2 Å². The second kappa shape index (κ2) is 7.98. The molecule has 0 spiro atoms. The van der Waals surface area contributed by atoms with Gasteiger partial charge in [0.2, 0.25) is 4.77 Å². The normalized spacial score (nSPS) is 10.7. The number of aromatic nitrogens is 3. The van der Waals surface area contributed by atoms with Crippen molar-refractivity contribution in [1.29, 1.82) is 0 Å². The Labute approximate surface area is 137 Å². The van der Waals surface area contributed by atoms with Gasteiger partial charge in [-0.1, -0.05) is 19.1 Å². The number of aryl methyl sites for hydroxylation is 1. The Morgan fingerprint density at radius 2 is 1.86 bits per heavy atom. The molecule has 0 aliphatic carbocycles. The summed E-state index contributed by atoms with van der Waals surface area (Å²) in [7, 11) is 0. The quantitative estimate of drug-likeness (QED) is 0.731. The number of nitrogens with zero attached hydrogens (tertiary/aromatic N) is 3. The molecule has 6 heteroatoms. The lowest BCUT2D eigenvalue weighted by molar-refractivity contribution is 0.731. The number of hydrogen-bond acceptors (Lipinski definition) is 4. The maximum atomic E-state index is 5.26. The maximum absolute atomic E-state index is 5.26. The summed E-state index contributed by atoms with van der Waals surface area (Å²) in [6.45, 7) is 9.26. The van der Waals surface area contributed by atoms with Gasteiger partial charge in [-0.05, 0) is 50.2 Å². The van der Waals surface area contributed by atoms with Crippen molar-refractivity contribution in [3.05, 3.63) is 40.4 Å². The summed E-state index contributed by atoms with van der Waals surface area (Å²) >= 11 is 5.26. The van der Waals surface area contributed by atoms with Crippen LogP contribution < -0.4 is 10.3 Å². The van der Waals surface area contributed by atoms with Gasteiger partial charge in [-0.15, -0.1) is 0 Å². The van der Waals surface area contributed by atoms with Gasteiger partial charge in [-0.3, -0.25) is 5.10 Å². The minimum Gasteiger partial charge on any atom is -0.372 e. The number of anilines is 1. The largest absolute Gasteiger partial charge is 0.372 e. The Morgan fingerprint density at radius 1 is 1.18 bits per heavy atom. The summed E-state index contributed by atoms with van der Waals surface area (Å²) in [4.78, 5) is 2.34. The second-order valence-electron chi connectivity index (χ2n) is 5.20. The number of H-pyrrole nitrogens is 1. The standard InChI is InChI=1S/C16H25N5S/c1-4-7-15-18-19-16(22)21(15)17-12-13-8-10-14(11-9-13)20(5-2)6-3/h8-11,17H,4-7,12H2,1-3H3,(H,19,22). The molecule has 0 saturated carbocycles. The molecular formula is C16H25N5S. The van der Waals surface area contributed by atoms with Crippen molar-refractivity contribution in [3.63, 3.8) is 0 Å². The van der Waals surface area contributed by atoms with Crippen molar-refractivity contribution in [2.75, 3.05) is 23.4 Å². The van der Waals surface area contributed by atoms with Crippen molar-refractivity contribution < 1.29 is 0 Å². The van der Waals surface area contributed by atoms with Crippen molar-refractivity contribution in [1.82, 2.24) is 14.9 Å². The first-order valence-electron chi connectivity index (χ1n) is 7.93. The molecule has 120 valence electrons. The van der Waals surface area contributed by atoms with Crippen LogP contribution in [0.15, 0.2) is 24.3 Å². The Kier molecular flexibility index (Phi) is 6.00. The van der Waals surface area contributed by atoms with Gasteiger partial charge >= 0.3 is 0 Å². The van der Waals surface area contributed by atoms with Gasteiger partial charge in [0.05, 0.1) is 6.54 Å². The van der Waals surface area contributed by atoms with E-state index < -0.39 is 0 Å². The molecule has 0 saturated heterocycles. The Bertz CT molecular complexity index is 625. The number of rotatable bonds is 8. The zero-order valence-electron chi connectivity index (χ0n) is 13.6. The molecule has 0 aliphatic heterocycles. The summed E-state index contributed by atoms with van der Waals surface area (Å²) in [6, 6.07) is 8.66. The summed E-state index contributed by atoms with van der Waals surface area (Å²) < 4.78 is 2.49. The van der Waals surface area contributed by atoms with Gasteiger partial charge < -0.3 is 10.3 Å². The lowest BCUT2D eigenvalue weighted by Crippen LogP contribution is -2.21. The first-order valence-corrected chi connectivity index (χ1v) is 8.34. The zero-order valence-corrected chi connectivity index (χ0v) is 14.4. The van der Waals surface area contributed by atoms with Crippen LogP contribution in [0, 0.1) is 4.77 Å². The highest BCUT2D eigenvalue weighted by Crippen LogP contribution is 2.15. The van der Waals surface area contributed by atoms with Gasteiger partial charge in [0.25, 0.3) is 0 Å². The molecule has 0 amide bonds. The predicted molar refractivity (Wildman–Crippen MR) is 94.5 cm³/mol. The van der Waals surface area contributed by atoms with E-state index in [1.807, 2.05) is 4.68 Å². The third-order valence-corrected chi connectivity index (χ3v) is 4.00. The highest BCUT2D eigenvalue weighted by molar-refractivity contribution is 7.71. The first kappa shape index (κ1) is 16.5. The molecule has 2 aromatic rings. The van der Waals surface area contributed by atoms with E-state index in [2.05, 4.69) is 65.6 Å². The smallest absolute Gasteiger partial charge is 0.214 e. The van der Waals surface area contributed by atoms with E-state index in [4.69, 9.17) is 12.2 Å². The van der Waals surface area contributed by atoms with Crippen LogP contribution in [0.5, 0.6) is 0 Å². The molecule has 1 aromatic carbocycles. The molecule has 0 radical (unpaired) electrons. The fraction of sp³-hybridized carbons (Fsp3) is 0.500. The molecule has 1 heterocycles. The summed E-state index contributed by atoms with van der Waals surface area (Å²) in [6.07, 6.45) is 1.95. The number of aromatic amines is 1. The molecule has 0 bridgehead atoms. The van der Waals surface area contributed by atoms with E-state index in [0.29, 0.717) is 4.77 Å². The van der Waals surface area contributed by atoms with E-state index in [-0.39, 0.29) is 0 Å². The lowest BCUT2D eigenvalue weighted by Gasteiger charge is -2.21. The van der Waals surface area contributed by atoms with Crippen molar-refractivity contribution in [3.8, 4) is 0 Å². The first-order chi connectivity index (χ1) is 10.7. The highest BCUT2D eigenvalue weighted by Gasteiger charge is 2.05. The fourth-order valence-corrected chi connectivity index (χ4v) is 2.68. The second-order valence-corrected chi connectivity index (χ2v) is 5.59. The van der Waals surface area contributed by atoms with Crippen LogP contribution in [0.1, 0.15) is 38.6 Å². The van der Waals surface area contributed by atoms with Gasteiger partial charge in [-0.2, -0.15) is 5.10 Å². The van der Waals surface area contributed by atoms with Crippen LogP contribution in [-0.4, -0.2) is 28.0 Å². The molecule has 1 aromatic heterocycles. The highest BCUT2D eigenvalue weighted by atomic mass is 32.1. The molecule has 0 unspecified atom stereocenters. The minimum atomic E-state index is 0.614. The lowest BCUT2D eigenvalue weighted by atomic mass is 10.2. The number of hydrogen-bond donors (Lipinski definition) is 2. The van der Waals surface area contributed by atoms with Crippen LogP contribution in [0.4, 0.5) is 5.69 Å². The molecule has 0 fully saturated rings.